The number of aromatic nitrogens is 1. The van der Waals surface area contributed by atoms with E-state index in [1.807, 2.05) is 17.0 Å². The number of hydrogen-bond donors (Lipinski definition) is 0. The number of rotatable bonds is 3. The first-order chi connectivity index (χ1) is 11.7. The van der Waals surface area contributed by atoms with Crippen LogP contribution in [0.4, 0.5) is 6.01 Å². The Kier molecular flexibility index (Phi) is 4.35. The van der Waals surface area contributed by atoms with Crippen LogP contribution in [0.2, 0.25) is 5.02 Å². The Labute approximate surface area is 146 Å². The van der Waals surface area contributed by atoms with Crippen molar-refractivity contribution in [3.05, 3.63) is 23.2 Å². The molecule has 1 aromatic heterocycles. The zero-order chi connectivity index (χ0) is 16.5. The van der Waals surface area contributed by atoms with E-state index in [1.165, 1.54) is 0 Å². The van der Waals surface area contributed by atoms with Crippen LogP contribution in [-0.2, 0) is 4.79 Å². The van der Waals surface area contributed by atoms with Gasteiger partial charge in [-0.2, -0.15) is 4.98 Å². The molecule has 2 aliphatic rings. The molecule has 5 nitrogen and oxygen atoms in total. The number of halogens is 1. The van der Waals surface area contributed by atoms with Gasteiger partial charge in [0.05, 0.1) is 0 Å². The molecule has 0 N–H and O–H groups in total. The van der Waals surface area contributed by atoms with Crippen LogP contribution in [0.1, 0.15) is 32.1 Å². The maximum Gasteiger partial charge on any atom is 0.298 e. The molecule has 6 heteroatoms. The topological polar surface area (TPSA) is 49.6 Å². The van der Waals surface area contributed by atoms with Crippen LogP contribution in [-0.4, -0.2) is 42.0 Å². The normalized spacial score (nSPS) is 21.6. The Morgan fingerprint density at radius 1 is 1.25 bits per heavy atom. The van der Waals surface area contributed by atoms with E-state index in [2.05, 4.69) is 9.88 Å². The largest absolute Gasteiger partial charge is 0.423 e. The molecule has 0 radical (unpaired) electrons. The molecule has 0 aliphatic carbocycles. The number of hydrogen-bond acceptors (Lipinski definition) is 4. The summed E-state index contributed by atoms with van der Waals surface area (Å²) in [5.74, 6) is 0.689. The van der Waals surface area contributed by atoms with E-state index in [1.54, 1.807) is 6.07 Å². The van der Waals surface area contributed by atoms with Crippen molar-refractivity contribution in [1.29, 1.82) is 0 Å². The van der Waals surface area contributed by atoms with Gasteiger partial charge in [0.1, 0.15) is 5.52 Å². The predicted octanol–water partition coefficient (Wildman–Crippen LogP) is 3.71. The molecule has 2 aromatic rings. The fourth-order valence-electron chi connectivity index (χ4n) is 3.77. The molecule has 1 unspecified atom stereocenters. The van der Waals surface area contributed by atoms with Crippen LogP contribution in [0.5, 0.6) is 0 Å². The van der Waals surface area contributed by atoms with Crippen molar-refractivity contribution in [3.63, 3.8) is 0 Å². The van der Waals surface area contributed by atoms with Gasteiger partial charge in [0.2, 0.25) is 5.91 Å². The average molecular weight is 348 g/mol. The van der Waals surface area contributed by atoms with Crippen molar-refractivity contribution in [2.24, 2.45) is 5.92 Å². The molecule has 0 bridgehead atoms. The summed E-state index contributed by atoms with van der Waals surface area (Å²) in [6.07, 6.45) is 5.10. The van der Waals surface area contributed by atoms with Crippen LogP contribution in [0.25, 0.3) is 11.1 Å². The smallest absolute Gasteiger partial charge is 0.298 e. The molecule has 2 aliphatic heterocycles. The number of oxazole rings is 1. The van der Waals surface area contributed by atoms with Gasteiger partial charge in [0, 0.05) is 43.7 Å². The summed E-state index contributed by atoms with van der Waals surface area (Å²) in [6.45, 7) is 3.62. The van der Waals surface area contributed by atoms with E-state index in [9.17, 15) is 4.79 Å². The number of benzene rings is 1. The fourth-order valence-corrected chi connectivity index (χ4v) is 3.93. The standard InChI is InChI=1S/C18H22ClN3O2/c19-14-5-6-15-16(11-14)24-18(20-15)22-9-3-4-13(12-22)10-17(23)21-7-1-2-8-21/h5-6,11,13H,1-4,7-10,12H2. The molecule has 1 aromatic carbocycles. The second kappa shape index (κ2) is 6.63. The number of likely N-dealkylation sites (tertiary alicyclic amines) is 1. The van der Waals surface area contributed by atoms with Gasteiger partial charge >= 0.3 is 0 Å². The highest BCUT2D eigenvalue weighted by atomic mass is 35.5. The van der Waals surface area contributed by atoms with Gasteiger partial charge in [0.25, 0.3) is 6.01 Å². The summed E-state index contributed by atoms with van der Waals surface area (Å²) in [7, 11) is 0. The molecule has 2 saturated heterocycles. The van der Waals surface area contributed by atoms with Gasteiger partial charge < -0.3 is 14.2 Å². The number of fused-ring (bicyclic) bond motifs is 1. The Morgan fingerprint density at radius 3 is 2.92 bits per heavy atom. The highest BCUT2D eigenvalue weighted by Gasteiger charge is 2.27. The molecule has 4 rings (SSSR count). The monoisotopic (exact) mass is 347 g/mol. The first-order valence-corrected chi connectivity index (χ1v) is 9.15. The van der Waals surface area contributed by atoms with Crippen LogP contribution < -0.4 is 4.90 Å². The number of nitrogens with zero attached hydrogens (tertiary/aromatic N) is 3. The van der Waals surface area contributed by atoms with E-state index in [-0.39, 0.29) is 0 Å². The highest BCUT2D eigenvalue weighted by Crippen LogP contribution is 2.29. The van der Waals surface area contributed by atoms with Crippen LogP contribution in [0, 0.1) is 5.92 Å². The Morgan fingerprint density at radius 2 is 2.08 bits per heavy atom. The third-order valence-electron chi connectivity index (χ3n) is 5.05. The maximum absolute atomic E-state index is 12.4. The summed E-state index contributed by atoms with van der Waals surface area (Å²) in [4.78, 5) is 21.1. The van der Waals surface area contributed by atoms with E-state index in [0.29, 0.717) is 34.9 Å². The molecule has 128 valence electrons. The Balaban J connectivity index is 1.44. The van der Waals surface area contributed by atoms with Gasteiger partial charge in [-0.15, -0.1) is 0 Å². The maximum atomic E-state index is 12.4. The second-order valence-corrected chi connectivity index (χ2v) is 7.29. The molecular formula is C18H22ClN3O2. The lowest BCUT2D eigenvalue weighted by Crippen LogP contribution is -2.38. The summed E-state index contributed by atoms with van der Waals surface area (Å²) >= 11 is 6.01. The Bertz CT molecular complexity index is 739. The third-order valence-corrected chi connectivity index (χ3v) is 5.29. The lowest BCUT2D eigenvalue weighted by molar-refractivity contribution is -0.131. The van der Waals surface area contributed by atoms with Crippen molar-refractivity contribution < 1.29 is 9.21 Å². The van der Waals surface area contributed by atoms with Crippen molar-refractivity contribution in [1.82, 2.24) is 9.88 Å². The quantitative estimate of drug-likeness (QED) is 0.849. The van der Waals surface area contributed by atoms with E-state index < -0.39 is 0 Å². The van der Waals surface area contributed by atoms with Crippen molar-refractivity contribution >= 4 is 34.6 Å². The van der Waals surface area contributed by atoms with E-state index >= 15 is 0 Å². The fraction of sp³-hybridized carbons (Fsp3) is 0.556. The second-order valence-electron chi connectivity index (χ2n) is 6.85. The third kappa shape index (κ3) is 3.22. The number of piperidine rings is 1. The average Bonchev–Trinajstić information content (AvgIpc) is 3.24. The molecule has 1 amide bonds. The van der Waals surface area contributed by atoms with Crippen LogP contribution in [0.15, 0.2) is 22.6 Å². The van der Waals surface area contributed by atoms with Gasteiger partial charge in [-0.05, 0) is 43.7 Å². The summed E-state index contributed by atoms with van der Waals surface area (Å²) in [5, 5.41) is 0.651. The molecule has 2 fully saturated rings. The van der Waals surface area contributed by atoms with Gasteiger partial charge in [-0.3, -0.25) is 4.79 Å². The van der Waals surface area contributed by atoms with Gasteiger partial charge in [-0.25, -0.2) is 0 Å². The molecular weight excluding hydrogens is 326 g/mol. The Hall–Kier alpha value is -1.75. The van der Waals surface area contributed by atoms with Crippen LogP contribution in [0.3, 0.4) is 0 Å². The molecule has 0 spiro atoms. The van der Waals surface area contributed by atoms with E-state index in [4.69, 9.17) is 16.0 Å². The molecule has 0 saturated carbocycles. The SMILES string of the molecule is O=C(CC1CCCN(c2nc3ccc(Cl)cc3o2)C1)N1CCCC1. The zero-order valence-electron chi connectivity index (χ0n) is 13.7. The van der Waals surface area contributed by atoms with Crippen LogP contribution >= 0.6 is 11.6 Å². The van der Waals surface area contributed by atoms with Crippen molar-refractivity contribution in [2.45, 2.75) is 32.1 Å². The van der Waals surface area contributed by atoms with Gasteiger partial charge in [0.15, 0.2) is 5.58 Å². The number of carbonyl (C=O) groups is 1. The highest BCUT2D eigenvalue weighted by molar-refractivity contribution is 6.31. The summed E-state index contributed by atoms with van der Waals surface area (Å²) in [5.41, 5.74) is 1.54. The van der Waals surface area contributed by atoms with E-state index in [0.717, 1.165) is 57.4 Å². The summed E-state index contributed by atoms with van der Waals surface area (Å²) < 4.78 is 5.88. The van der Waals surface area contributed by atoms with Gasteiger partial charge in [-0.1, -0.05) is 11.6 Å². The van der Waals surface area contributed by atoms with Crippen molar-refractivity contribution in [3.8, 4) is 0 Å². The number of anilines is 1. The minimum Gasteiger partial charge on any atom is -0.423 e. The summed E-state index contributed by atoms with van der Waals surface area (Å²) in [6, 6.07) is 6.14. The molecule has 3 heterocycles. The zero-order valence-corrected chi connectivity index (χ0v) is 14.5. The minimum absolute atomic E-state index is 0.309. The lowest BCUT2D eigenvalue weighted by Gasteiger charge is -2.32. The number of amides is 1. The first-order valence-electron chi connectivity index (χ1n) is 8.78. The number of carbonyl (C=O) groups excluding carboxylic acids is 1. The first kappa shape index (κ1) is 15.8. The minimum atomic E-state index is 0.309. The lowest BCUT2D eigenvalue weighted by atomic mass is 9.94. The molecule has 1 atom stereocenters. The predicted molar refractivity (Wildman–Crippen MR) is 94.4 cm³/mol. The van der Waals surface area contributed by atoms with Crippen molar-refractivity contribution in [2.75, 3.05) is 31.1 Å². The molecule has 24 heavy (non-hydrogen) atoms.